The maximum atomic E-state index is 13.8. The summed E-state index contributed by atoms with van der Waals surface area (Å²) in [6, 6.07) is 11.4. The molecule has 0 aliphatic carbocycles. The molecule has 0 saturated carbocycles. The molecule has 2 aromatic rings. The van der Waals surface area contributed by atoms with Crippen LogP contribution in [0.2, 0.25) is 0 Å². The predicted octanol–water partition coefficient (Wildman–Crippen LogP) is 5.29. The minimum atomic E-state index is -0.183. The first-order valence-electron chi connectivity index (χ1n) is 7.28. The van der Waals surface area contributed by atoms with Crippen molar-refractivity contribution in [2.75, 3.05) is 6.54 Å². The van der Waals surface area contributed by atoms with Crippen LogP contribution in [0.25, 0.3) is 0 Å². The van der Waals surface area contributed by atoms with Crippen molar-refractivity contribution in [1.82, 2.24) is 5.32 Å². The molecule has 112 valence electrons. The molecule has 2 rings (SSSR count). The van der Waals surface area contributed by atoms with Gasteiger partial charge in [-0.05, 0) is 61.2 Å². The Bertz CT molecular complexity index is 604. The van der Waals surface area contributed by atoms with Gasteiger partial charge in [0.2, 0.25) is 0 Å². The number of benzene rings is 2. The maximum absolute atomic E-state index is 13.8. The van der Waals surface area contributed by atoms with Crippen molar-refractivity contribution in [3.8, 4) is 0 Å². The lowest BCUT2D eigenvalue weighted by molar-refractivity contribution is 0.583. The van der Waals surface area contributed by atoms with E-state index in [4.69, 9.17) is 0 Å². The van der Waals surface area contributed by atoms with Crippen LogP contribution in [0.4, 0.5) is 4.39 Å². The first-order chi connectivity index (χ1) is 10.0. The number of nitrogens with one attached hydrogen (secondary N) is 1. The van der Waals surface area contributed by atoms with Gasteiger partial charge in [0, 0.05) is 4.47 Å². The lowest BCUT2D eigenvalue weighted by atomic mass is 9.96. The molecule has 1 nitrogen and oxygen atoms in total. The van der Waals surface area contributed by atoms with Crippen molar-refractivity contribution in [1.29, 1.82) is 0 Å². The summed E-state index contributed by atoms with van der Waals surface area (Å²) in [5.41, 5.74) is 4.24. The summed E-state index contributed by atoms with van der Waals surface area (Å²) in [6.45, 7) is 7.02. The fourth-order valence-corrected chi connectivity index (χ4v) is 3.01. The first kappa shape index (κ1) is 16.2. The Kier molecular flexibility index (Phi) is 5.54. The van der Waals surface area contributed by atoms with Gasteiger partial charge in [-0.3, -0.25) is 0 Å². The minimum absolute atomic E-state index is 0.00590. The zero-order chi connectivity index (χ0) is 15.4. The van der Waals surface area contributed by atoms with E-state index in [0.29, 0.717) is 0 Å². The van der Waals surface area contributed by atoms with Crippen LogP contribution in [0.5, 0.6) is 0 Å². The van der Waals surface area contributed by atoms with Crippen LogP contribution in [-0.4, -0.2) is 6.54 Å². The van der Waals surface area contributed by atoms with Gasteiger partial charge in [-0.15, -0.1) is 0 Å². The Morgan fingerprint density at radius 1 is 1.19 bits per heavy atom. The molecule has 0 fully saturated rings. The highest BCUT2D eigenvalue weighted by molar-refractivity contribution is 9.10. The van der Waals surface area contributed by atoms with Crippen LogP contribution in [-0.2, 0) is 0 Å². The molecule has 1 atom stereocenters. The van der Waals surface area contributed by atoms with Crippen molar-refractivity contribution >= 4 is 15.9 Å². The number of hydrogen-bond donors (Lipinski definition) is 1. The van der Waals surface area contributed by atoms with E-state index in [1.54, 1.807) is 12.1 Å². The Labute approximate surface area is 134 Å². The van der Waals surface area contributed by atoms with Crippen molar-refractivity contribution in [3.63, 3.8) is 0 Å². The second-order valence-electron chi connectivity index (χ2n) is 5.43. The van der Waals surface area contributed by atoms with Gasteiger partial charge in [-0.1, -0.05) is 47.1 Å². The van der Waals surface area contributed by atoms with E-state index in [1.165, 1.54) is 5.56 Å². The Hall–Kier alpha value is -1.19. The molecule has 0 amide bonds. The second kappa shape index (κ2) is 7.19. The highest BCUT2D eigenvalue weighted by Crippen LogP contribution is 2.31. The monoisotopic (exact) mass is 349 g/mol. The van der Waals surface area contributed by atoms with E-state index in [-0.39, 0.29) is 11.9 Å². The molecule has 0 aliphatic rings. The molecular formula is C18H21BrFN. The summed E-state index contributed by atoms with van der Waals surface area (Å²) in [4.78, 5) is 0. The molecule has 0 radical (unpaired) electrons. The van der Waals surface area contributed by atoms with E-state index in [0.717, 1.165) is 34.1 Å². The third-order valence-electron chi connectivity index (χ3n) is 3.53. The van der Waals surface area contributed by atoms with Crippen LogP contribution < -0.4 is 5.32 Å². The predicted molar refractivity (Wildman–Crippen MR) is 90.2 cm³/mol. The fraction of sp³-hybridized carbons (Fsp3) is 0.333. The Morgan fingerprint density at radius 3 is 2.62 bits per heavy atom. The molecule has 0 heterocycles. The van der Waals surface area contributed by atoms with Crippen LogP contribution in [0.1, 0.15) is 41.6 Å². The number of aryl methyl sites for hydroxylation is 2. The molecule has 1 N–H and O–H groups in total. The van der Waals surface area contributed by atoms with Crippen molar-refractivity contribution in [2.45, 2.75) is 33.2 Å². The topological polar surface area (TPSA) is 12.0 Å². The average molecular weight is 350 g/mol. The van der Waals surface area contributed by atoms with Gasteiger partial charge in [-0.25, -0.2) is 4.39 Å². The first-order valence-corrected chi connectivity index (χ1v) is 8.07. The molecule has 3 heteroatoms. The molecule has 0 saturated heterocycles. The molecule has 2 aromatic carbocycles. The zero-order valence-corrected chi connectivity index (χ0v) is 14.3. The number of hydrogen-bond acceptors (Lipinski definition) is 1. The zero-order valence-electron chi connectivity index (χ0n) is 12.7. The fourth-order valence-electron chi connectivity index (χ4n) is 2.52. The summed E-state index contributed by atoms with van der Waals surface area (Å²) < 4.78 is 14.9. The lowest BCUT2D eigenvalue weighted by Gasteiger charge is -2.22. The number of halogens is 2. The van der Waals surface area contributed by atoms with Gasteiger partial charge < -0.3 is 5.32 Å². The highest BCUT2D eigenvalue weighted by Gasteiger charge is 2.18. The standard InChI is InChI=1S/C18H21BrFN/c1-4-8-21-18(14-9-12(2)10-15(20)11-14)16-7-5-6-13(3)17(16)19/h5-7,9-11,18,21H,4,8H2,1-3H3. The molecule has 0 spiro atoms. The van der Waals surface area contributed by atoms with Crippen molar-refractivity contribution < 1.29 is 4.39 Å². The van der Waals surface area contributed by atoms with Crippen LogP contribution in [0.3, 0.4) is 0 Å². The number of rotatable bonds is 5. The molecule has 1 unspecified atom stereocenters. The Balaban J connectivity index is 2.49. The normalized spacial score (nSPS) is 12.4. The van der Waals surface area contributed by atoms with Crippen LogP contribution in [0.15, 0.2) is 40.9 Å². The average Bonchev–Trinajstić information content (AvgIpc) is 2.42. The lowest BCUT2D eigenvalue weighted by Crippen LogP contribution is -2.24. The SMILES string of the molecule is CCCNC(c1cc(C)cc(F)c1)c1cccc(C)c1Br. The minimum Gasteiger partial charge on any atom is -0.306 e. The Morgan fingerprint density at radius 2 is 1.95 bits per heavy atom. The molecule has 0 aromatic heterocycles. The van der Waals surface area contributed by atoms with Gasteiger partial charge in [0.05, 0.1) is 6.04 Å². The van der Waals surface area contributed by atoms with Crippen LogP contribution >= 0.6 is 15.9 Å². The summed E-state index contributed by atoms with van der Waals surface area (Å²) in [5, 5.41) is 3.53. The molecule has 0 bridgehead atoms. The second-order valence-corrected chi connectivity index (χ2v) is 6.22. The summed E-state index contributed by atoms with van der Waals surface area (Å²) in [5.74, 6) is -0.183. The van der Waals surface area contributed by atoms with E-state index < -0.39 is 0 Å². The van der Waals surface area contributed by atoms with Crippen molar-refractivity contribution in [3.05, 3.63) is 68.9 Å². The smallest absolute Gasteiger partial charge is 0.123 e. The van der Waals surface area contributed by atoms with Gasteiger partial charge in [0.25, 0.3) is 0 Å². The maximum Gasteiger partial charge on any atom is 0.123 e. The molecule has 21 heavy (non-hydrogen) atoms. The van der Waals surface area contributed by atoms with E-state index in [9.17, 15) is 4.39 Å². The van der Waals surface area contributed by atoms with E-state index in [2.05, 4.69) is 47.2 Å². The van der Waals surface area contributed by atoms with Crippen LogP contribution in [0, 0.1) is 19.7 Å². The quantitative estimate of drug-likeness (QED) is 0.772. The third-order valence-corrected chi connectivity index (χ3v) is 4.61. The third kappa shape index (κ3) is 3.92. The van der Waals surface area contributed by atoms with Gasteiger partial charge in [0.15, 0.2) is 0 Å². The van der Waals surface area contributed by atoms with E-state index in [1.807, 2.05) is 19.1 Å². The highest BCUT2D eigenvalue weighted by atomic mass is 79.9. The molecular weight excluding hydrogens is 329 g/mol. The van der Waals surface area contributed by atoms with Gasteiger partial charge in [0.1, 0.15) is 5.82 Å². The van der Waals surface area contributed by atoms with Gasteiger partial charge >= 0.3 is 0 Å². The largest absolute Gasteiger partial charge is 0.306 e. The summed E-state index contributed by atoms with van der Waals surface area (Å²) >= 11 is 3.67. The summed E-state index contributed by atoms with van der Waals surface area (Å²) in [7, 11) is 0. The molecule has 0 aliphatic heterocycles. The van der Waals surface area contributed by atoms with E-state index >= 15 is 0 Å². The van der Waals surface area contributed by atoms with Crippen molar-refractivity contribution in [2.24, 2.45) is 0 Å². The van der Waals surface area contributed by atoms with Gasteiger partial charge in [-0.2, -0.15) is 0 Å². The summed E-state index contributed by atoms with van der Waals surface area (Å²) in [6.07, 6.45) is 1.04.